The van der Waals surface area contributed by atoms with Crippen LogP contribution < -0.4 is 14.8 Å². The van der Waals surface area contributed by atoms with Gasteiger partial charge >= 0.3 is 12.1 Å². The molecule has 2 aromatic rings. The summed E-state index contributed by atoms with van der Waals surface area (Å²) in [5, 5.41) is 2.70. The van der Waals surface area contributed by atoms with E-state index in [9.17, 15) is 9.59 Å². The second-order valence-corrected chi connectivity index (χ2v) is 6.17. The largest absolute Gasteiger partial charge is 0.493 e. The Kier molecular flexibility index (Phi) is 8.82. The van der Waals surface area contributed by atoms with Crippen LogP contribution in [0.25, 0.3) is 0 Å². The Labute approximate surface area is 170 Å². The van der Waals surface area contributed by atoms with Crippen LogP contribution in [0.4, 0.5) is 4.79 Å². The average Bonchev–Trinajstić information content (AvgIpc) is 2.75. The summed E-state index contributed by atoms with van der Waals surface area (Å²) in [6.45, 7) is 4.30. The summed E-state index contributed by atoms with van der Waals surface area (Å²) < 4.78 is 21.4. The zero-order valence-electron chi connectivity index (χ0n) is 17.0. The maximum atomic E-state index is 12.0. The van der Waals surface area contributed by atoms with E-state index in [1.165, 1.54) is 7.11 Å². The Morgan fingerprint density at radius 3 is 2.38 bits per heavy atom. The summed E-state index contributed by atoms with van der Waals surface area (Å²) in [4.78, 5) is 23.9. The van der Waals surface area contributed by atoms with Gasteiger partial charge in [-0.2, -0.15) is 0 Å². The van der Waals surface area contributed by atoms with E-state index in [4.69, 9.17) is 18.9 Å². The molecule has 0 radical (unpaired) electrons. The molecule has 1 N–H and O–H groups in total. The highest BCUT2D eigenvalue weighted by Gasteiger charge is 2.21. The van der Waals surface area contributed by atoms with Gasteiger partial charge in [0.1, 0.15) is 6.61 Å². The van der Waals surface area contributed by atoms with Crippen molar-refractivity contribution >= 4 is 12.1 Å². The molecule has 1 amide bonds. The summed E-state index contributed by atoms with van der Waals surface area (Å²) >= 11 is 0. The first kappa shape index (κ1) is 22.1. The summed E-state index contributed by atoms with van der Waals surface area (Å²) in [5.41, 5.74) is 1.68. The smallest absolute Gasteiger partial charge is 0.407 e. The number of rotatable bonds is 10. The molecule has 0 saturated heterocycles. The van der Waals surface area contributed by atoms with Gasteiger partial charge in [0.15, 0.2) is 17.6 Å². The molecule has 0 heterocycles. The van der Waals surface area contributed by atoms with Crippen molar-refractivity contribution in [3.63, 3.8) is 0 Å². The second kappa shape index (κ2) is 11.6. The fraction of sp³-hybridized carbons (Fsp3) is 0.364. The lowest BCUT2D eigenvalue weighted by Gasteiger charge is -2.18. The topological polar surface area (TPSA) is 83.1 Å². The van der Waals surface area contributed by atoms with E-state index in [-0.39, 0.29) is 19.8 Å². The Bertz CT molecular complexity index is 793. The lowest BCUT2D eigenvalue weighted by atomic mass is 10.2. The van der Waals surface area contributed by atoms with Crippen LogP contribution in [-0.4, -0.2) is 31.9 Å². The van der Waals surface area contributed by atoms with E-state index in [1.54, 1.807) is 25.1 Å². The second-order valence-electron chi connectivity index (χ2n) is 6.17. The maximum Gasteiger partial charge on any atom is 0.407 e. The Hall–Kier alpha value is -3.22. The predicted octanol–water partition coefficient (Wildman–Crippen LogP) is 3.84. The maximum absolute atomic E-state index is 12.0. The molecule has 1 atom stereocenters. The number of hydrogen-bond donors (Lipinski definition) is 1. The van der Waals surface area contributed by atoms with E-state index >= 15 is 0 Å². The fourth-order valence-electron chi connectivity index (χ4n) is 2.56. The quantitative estimate of drug-likeness (QED) is 0.609. The monoisotopic (exact) mass is 401 g/mol. The standard InChI is InChI=1S/C22H27NO6/c1-4-18(21(24)27-5-2)29-20-13-17(11-12-19(20)26-3)14-23-22(25)28-15-16-9-7-6-8-10-16/h6-13,18H,4-5,14-15H2,1-3H3,(H,23,25). The van der Waals surface area contributed by atoms with Crippen molar-refractivity contribution in [2.45, 2.75) is 39.5 Å². The number of carbonyl (C=O) groups excluding carboxylic acids is 2. The van der Waals surface area contributed by atoms with Crippen LogP contribution in [0.2, 0.25) is 0 Å². The molecule has 0 spiro atoms. The van der Waals surface area contributed by atoms with Crippen LogP contribution in [0.3, 0.4) is 0 Å². The van der Waals surface area contributed by atoms with Crippen LogP contribution in [0.1, 0.15) is 31.4 Å². The van der Waals surface area contributed by atoms with E-state index < -0.39 is 18.2 Å². The SMILES string of the molecule is CCOC(=O)C(CC)Oc1cc(CNC(=O)OCc2ccccc2)ccc1OC. The lowest BCUT2D eigenvalue weighted by molar-refractivity contribution is -0.151. The number of hydrogen-bond acceptors (Lipinski definition) is 6. The molecule has 0 aliphatic rings. The minimum atomic E-state index is -0.733. The van der Waals surface area contributed by atoms with Crippen molar-refractivity contribution < 1.29 is 28.5 Å². The van der Waals surface area contributed by atoms with Gasteiger partial charge in [0, 0.05) is 6.54 Å². The number of ether oxygens (including phenoxy) is 4. The summed E-state index contributed by atoms with van der Waals surface area (Å²) in [7, 11) is 1.52. The Balaban J connectivity index is 1.96. The van der Waals surface area contributed by atoms with Gasteiger partial charge in [-0.1, -0.05) is 43.3 Å². The van der Waals surface area contributed by atoms with Gasteiger partial charge in [0.2, 0.25) is 0 Å². The van der Waals surface area contributed by atoms with Gasteiger partial charge in [0.25, 0.3) is 0 Å². The van der Waals surface area contributed by atoms with Crippen LogP contribution in [0, 0.1) is 0 Å². The number of alkyl carbamates (subject to hydrolysis) is 1. The molecule has 2 aromatic carbocycles. The van der Waals surface area contributed by atoms with Crippen molar-refractivity contribution in [3.05, 3.63) is 59.7 Å². The molecule has 0 saturated carbocycles. The first-order chi connectivity index (χ1) is 14.1. The molecule has 0 fully saturated rings. The van der Waals surface area contributed by atoms with E-state index in [0.29, 0.717) is 17.9 Å². The van der Waals surface area contributed by atoms with E-state index in [1.807, 2.05) is 37.3 Å². The molecule has 0 aliphatic carbocycles. The third-order valence-corrected chi connectivity index (χ3v) is 4.07. The molecule has 0 aliphatic heterocycles. The minimum Gasteiger partial charge on any atom is -0.493 e. The molecule has 0 bridgehead atoms. The average molecular weight is 401 g/mol. The van der Waals surface area contributed by atoms with Gasteiger partial charge in [-0.25, -0.2) is 9.59 Å². The number of nitrogens with one attached hydrogen (secondary N) is 1. The molecular weight excluding hydrogens is 374 g/mol. The molecule has 2 rings (SSSR count). The number of benzene rings is 2. The molecule has 0 aromatic heterocycles. The summed E-state index contributed by atoms with van der Waals surface area (Å²) in [6.07, 6.45) is -0.802. The van der Waals surface area contributed by atoms with E-state index in [2.05, 4.69) is 5.32 Å². The first-order valence-corrected chi connectivity index (χ1v) is 9.52. The van der Waals surface area contributed by atoms with Gasteiger partial charge in [-0.3, -0.25) is 0 Å². The number of amides is 1. The van der Waals surface area contributed by atoms with Crippen molar-refractivity contribution in [2.24, 2.45) is 0 Å². The number of methoxy groups -OCH3 is 1. The van der Waals surface area contributed by atoms with Gasteiger partial charge in [-0.15, -0.1) is 0 Å². The molecule has 156 valence electrons. The van der Waals surface area contributed by atoms with Gasteiger partial charge in [-0.05, 0) is 36.6 Å². The van der Waals surface area contributed by atoms with Crippen molar-refractivity contribution in [2.75, 3.05) is 13.7 Å². The van der Waals surface area contributed by atoms with Crippen molar-refractivity contribution in [1.29, 1.82) is 0 Å². The zero-order valence-corrected chi connectivity index (χ0v) is 17.0. The molecule has 7 nitrogen and oxygen atoms in total. The van der Waals surface area contributed by atoms with Crippen LogP contribution in [0.15, 0.2) is 48.5 Å². The highest BCUT2D eigenvalue weighted by atomic mass is 16.6. The third kappa shape index (κ3) is 7.03. The number of esters is 1. The van der Waals surface area contributed by atoms with Gasteiger partial charge < -0.3 is 24.3 Å². The Morgan fingerprint density at radius 2 is 1.72 bits per heavy atom. The van der Waals surface area contributed by atoms with Crippen LogP contribution in [0.5, 0.6) is 11.5 Å². The fourth-order valence-corrected chi connectivity index (χ4v) is 2.56. The molecule has 29 heavy (non-hydrogen) atoms. The van der Waals surface area contributed by atoms with Crippen LogP contribution >= 0.6 is 0 Å². The van der Waals surface area contributed by atoms with Gasteiger partial charge in [0.05, 0.1) is 13.7 Å². The van der Waals surface area contributed by atoms with Crippen molar-refractivity contribution in [3.8, 4) is 11.5 Å². The number of carbonyl (C=O) groups is 2. The molecular formula is C22H27NO6. The Morgan fingerprint density at radius 1 is 0.966 bits per heavy atom. The first-order valence-electron chi connectivity index (χ1n) is 9.52. The summed E-state index contributed by atoms with van der Waals surface area (Å²) in [6, 6.07) is 14.7. The van der Waals surface area contributed by atoms with E-state index in [0.717, 1.165) is 11.1 Å². The minimum absolute atomic E-state index is 0.196. The highest BCUT2D eigenvalue weighted by molar-refractivity contribution is 5.75. The molecule has 1 unspecified atom stereocenters. The zero-order chi connectivity index (χ0) is 21.1. The predicted molar refractivity (Wildman–Crippen MR) is 108 cm³/mol. The van der Waals surface area contributed by atoms with Crippen molar-refractivity contribution in [1.82, 2.24) is 5.32 Å². The summed E-state index contributed by atoms with van der Waals surface area (Å²) in [5.74, 6) is 0.470. The third-order valence-electron chi connectivity index (χ3n) is 4.07. The molecule has 7 heteroatoms. The van der Waals surface area contributed by atoms with Crippen LogP contribution in [-0.2, 0) is 27.4 Å². The normalized spacial score (nSPS) is 11.3. The highest BCUT2D eigenvalue weighted by Crippen LogP contribution is 2.29. The lowest BCUT2D eigenvalue weighted by Crippen LogP contribution is -2.29.